The third kappa shape index (κ3) is 4.42. The first-order chi connectivity index (χ1) is 9.66. The number of esters is 1. The Hall–Kier alpha value is -2.16. The molecule has 3 N–H and O–H groups in total. The van der Waals surface area contributed by atoms with Gasteiger partial charge in [-0.1, -0.05) is 0 Å². The van der Waals surface area contributed by atoms with Gasteiger partial charge in [-0.25, -0.2) is 9.18 Å². The number of hydrogen-bond donors (Lipinski definition) is 2. The van der Waals surface area contributed by atoms with Crippen LogP contribution in [0.15, 0.2) is 18.2 Å². The van der Waals surface area contributed by atoms with Crippen molar-refractivity contribution in [1.29, 1.82) is 0 Å². The summed E-state index contributed by atoms with van der Waals surface area (Å²) in [5, 5.41) is 1.82. The molecule has 0 radical (unpaired) electrons. The van der Waals surface area contributed by atoms with E-state index in [1.54, 1.807) is 0 Å². The fourth-order valence-corrected chi connectivity index (χ4v) is 1.35. The molecule has 0 heterocycles. The predicted octanol–water partition coefficient (Wildman–Crippen LogP) is 1.67. The van der Waals surface area contributed by atoms with Crippen molar-refractivity contribution in [3.8, 4) is 0 Å². The molecule has 0 spiro atoms. The van der Waals surface area contributed by atoms with E-state index in [0.29, 0.717) is 18.2 Å². The van der Waals surface area contributed by atoms with E-state index in [9.17, 15) is 27.2 Å². The summed E-state index contributed by atoms with van der Waals surface area (Å²) in [7, 11) is 0. The minimum absolute atomic E-state index is 0.0300. The van der Waals surface area contributed by atoms with Crippen LogP contribution in [0, 0.1) is 5.82 Å². The van der Waals surface area contributed by atoms with Crippen LogP contribution in [0.3, 0.4) is 0 Å². The first-order valence-corrected chi connectivity index (χ1v) is 5.76. The van der Waals surface area contributed by atoms with E-state index >= 15 is 0 Å². The summed E-state index contributed by atoms with van der Waals surface area (Å²) < 4.78 is 55.3. The van der Waals surface area contributed by atoms with Crippen LogP contribution in [0.25, 0.3) is 0 Å². The number of ether oxygens (including phenoxy) is 1. The molecule has 1 aromatic carbocycles. The Kier molecular flexibility index (Phi) is 5.25. The van der Waals surface area contributed by atoms with Crippen molar-refractivity contribution in [2.24, 2.45) is 5.73 Å². The zero-order valence-electron chi connectivity index (χ0n) is 10.8. The molecule has 0 saturated heterocycles. The summed E-state index contributed by atoms with van der Waals surface area (Å²) >= 11 is 0. The highest BCUT2D eigenvalue weighted by Gasteiger charge is 2.32. The second-order valence-corrected chi connectivity index (χ2v) is 3.91. The number of carbonyl (C=O) groups excluding carboxylic acids is 2. The lowest BCUT2D eigenvalue weighted by Crippen LogP contribution is -2.43. The van der Waals surface area contributed by atoms with E-state index in [2.05, 4.69) is 4.74 Å². The van der Waals surface area contributed by atoms with Gasteiger partial charge in [0.05, 0.1) is 17.9 Å². The van der Waals surface area contributed by atoms with Crippen LogP contribution in [-0.2, 0) is 20.5 Å². The molecule has 1 amide bonds. The zero-order valence-corrected chi connectivity index (χ0v) is 10.8. The van der Waals surface area contributed by atoms with Gasteiger partial charge in [0.1, 0.15) is 5.82 Å². The number of carbonyl (C=O) groups is 2. The molecule has 0 saturated carbocycles. The first-order valence-electron chi connectivity index (χ1n) is 5.76. The number of rotatable bonds is 4. The maximum absolute atomic E-state index is 13.4. The van der Waals surface area contributed by atoms with E-state index in [0.717, 1.165) is 0 Å². The van der Waals surface area contributed by atoms with E-state index < -0.39 is 41.2 Å². The van der Waals surface area contributed by atoms with Crippen LogP contribution in [0.1, 0.15) is 12.5 Å². The third-order valence-corrected chi connectivity index (χ3v) is 2.37. The molecule has 0 fully saturated rings. The van der Waals surface area contributed by atoms with Crippen molar-refractivity contribution < 1.29 is 31.9 Å². The highest BCUT2D eigenvalue weighted by molar-refractivity contribution is 6.08. The molecule has 0 aromatic heterocycles. The van der Waals surface area contributed by atoms with Gasteiger partial charge in [-0.15, -0.1) is 0 Å². The molecule has 1 aromatic rings. The Morgan fingerprint density at radius 2 is 2.00 bits per heavy atom. The van der Waals surface area contributed by atoms with Gasteiger partial charge in [-0.3, -0.25) is 4.79 Å². The monoisotopic (exact) mass is 308 g/mol. The van der Waals surface area contributed by atoms with Crippen molar-refractivity contribution >= 4 is 17.6 Å². The van der Waals surface area contributed by atoms with Gasteiger partial charge in [0, 0.05) is 0 Å². The van der Waals surface area contributed by atoms with E-state index in [1.807, 2.05) is 5.32 Å². The minimum Gasteiger partial charge on any atom is -0.464 e. The molecule has 5 nitrogen and oxygen atoms in total. The van der Waals surface area contributed by atoms with E-state index in [1.165, 1.54) is 6.92 Å². The number of anilines is 1. The van der Waals surface area contributed by atoms with Crippen molar-refractivity contribution in [2.45, 2.75) is 19.1 Å². The fraction of sp³-hybridized carbons (Fsp3) is 0.333. The lowest BCUT2D eigenvalue weighted by atomic mass is 10.1. The van der Waals surface area contributed by atoms with Gasteiger partial charge in [-0.2, -0.15) is 13.2 Å². The molecule has 21 heavy (non-hydrogen) atoms. The molecule has 9 heteroatoms. The SMILES string of the molecule is CCOC(=O)C(N)C(=O)Nc1cc(C(F)(F)F)ccc1F. The Bertz CT molecular complexity index is 546. The number of amides is 1. The van der Waals surface area contributed by atoms with E-state index in [4.69, 9.17) is 5.73 Å². The summed E-state index contributed by atoms with van der Waals surface area (Å²) in [5.74, 6) is -3.33. The molecule has 1 rings (SSSR count). The highest BCUT2D eigenvalue weighted by atomic mass is 19.4. The normalized spacial score (nSPS) is 12.7. The molecule has 0 bridgehead atoms. The Morgan fingerprint density at radius 1 is 1.38 bits per heavy atom. The molecule has 0 aliphatic rings. The largest absolute Gasteiger partial charge is 0.464 e. The average molecular weight is 308 g/mol. The zero-order chi connectivity index (χ0) is 16.2. The number of nitrogens with two attached hydrogens (primary N) is 1. The van der Waals surface area contributed by atoms with Crippen LogP contribution in [0.4, 0.5) is 23.2 Å². The standard InChI is InChI=1S/C12H12F4N2O3/c1-2-21-11(20)9(17)10(19)18-8-5-6(12(14,15)16)3-4-7(8)13/h3-5,9H,2,17H2,1H3,(H,18,19). The number of alkyl halides is 3. The number of nitrogens with one attached hydrogen (secondary N) is 1. The van der Waals surface area contributed by atoms with Gasteiger partial charge in [0.2, 0.25) is 0 Å². The van der Waals surface area contributed by atoms with Gasteiger partial charge in [0.15, 0.2) is 6.04 Å². The average Bonchev–Trinajstić information content (AvgIpc) is 2.39. The summed E-state index contributed by atoms with van der Waals surface area (Å²) in [6.07, 6.45) is -4.70. The quantitative estimate of drug-likeness (QED) is 0.504. The Morgan fingerprint density at radius 3 is 2.52 bits per heavy atom. The molecule has 0 aliphatic carbocycles. The Balaban J connectivity index is 2.92. The summed E-state index contributed by atoms with van der Waals surface area (Å²) in [6.45, 7) is 1.45. The second-order valence-electron chi connectivity index (χ2n) is 3.91. The summed E-state index contributed by atoms with van der Waals surface area (Å²) in [5.41, 5.74) is 3.36. The van der Waals surface area contributed by atoms with Crippen LogP contribution in [0.5, 0.6) is 0 Å². The van der Waals surface area contributed by atoms with Crippen molar-refractivity contribution in [1.82, 2.24) is 0 Å². The summed E-state index contributed by atoms with van der Waals surface area (Å²) in [6, 6.07) is -0.283. The van der Waals surface area contributed by atoms with Gasteiger partial charge < -0.3 is 15.8 Å². The van der Waals surface area contributed by atoms with Crippen molar-refractivity contribution in [2.75, 3.05) is 11.9 Å². The van der Waals surface area contributed by atoms with Gasteiger partial charge >= 0.3 is 12.1 Å². The lowest BCUT2D eigenvalue weighted by molar-refractivity contribution is -0.147. The molecule has 0 aliphatic heterocycles. The first kappa shape index (κ1) is 16.9. The third-order valence-electron chi connectivity index (χ3n) is 2.37. The number of hydrogen-bond acceptors (Lipinski definition) is 4. The van der Waals surface area contributed by atoms with Crippen LogP contribution < -0.4 is 11.1 Å². The number of halogens is 4. The number of benzene rings is 1. The molecular weight excluding hydrogens is 296 g/mol. The fourth-order valence-electron chi connectivity index (χ4n) is 1.35. The van der Waals surface area contributed by atoms with Gasteiger partial charge in [0.25, 0.3) is 5.91 Å². The molecule has 1 atom stereocenters. The van der Waals surface area contributed by atoms with Crippen LogP contribution in [0.2, 0.25) is 0 Å². The van der Waals surface area contributed by atoms with Crippen molar-refractivity contribution in [3.05, 3.63) is 29.6 Å². The van der Waals surface area contributed by atoms with Crippen molar-refractivity contribution in [3.63, 3.8) is 0 Å². The van der Waals surface area contributed by atoms with Crippen LogP contribution >= 0.6 is 0 Å². The smallest absolute Gasteiger partial charge is 0.416 e. The second kappa shape index (κ2) is 6.53. The molecule has 116 valence electrons. The maximum atomic E-state index is 13.4. The molecule has 1 unspecified atom stereocenters. The van der Waals surface area contributed by atoms with Gasteiger partial charge in [-0.05, 0) is 25.1 Å². The topological polar surface area (TPSA) is 81.4 Å². The highest BCUT2D eigenvalue weighted by Crippen LogP contribution is 2.31. The lowest BCUT2D eigenvalue weighted by Gasteiger charge is -2.13. The van der Waals surface area contributed by atoms with Crippen LogP contribution in [-0.4, -0.2) is 24.5 Å². The predicted molar refractivity (Wildman–Crippen MR) is 64.6 cm³/mol. The maximum Gasteiger partial charge on any atom is 0.416 e. The van der Waals surface area contributed by atoms with E-state index in [-0.39, 0.29) is 6.61 Å². The minimum atomic E-state index is -4.70. The Labute approximate surface area is 117 Å². The summed E-state index contributed by atoms with van der Waals surface area (Å²) in [4.78, 5) is 22.8. The molecular formula is C12H12F4N2O3.